The highest BCUT2D eigenvalue weighted by atomic mass is 32.2. The average molecular weight is 336 g/mol. The number of rotatable bonds is 8. The highest BCUT2D eigenvalue weighted by Crippen LogP contribution is 2.16. The van der Waals surface area contributed by atoms with Crippen molar-refractivity contribution in [3.05, 3.63) is 23.3 Å². The minimum atomic E-state index is -0.0707. The summed E-state index contributed by atoms with van der Waals surface area (Å²) in [7, 11) is 0. The minimum Gasteiger partial charge on any atom is -0.351 e. The summed E-state index contributed by atoms with van der Waals surface area (Å²) in [5, 5.41) is 16.3. The highest BCUT2D eigenvalue weighted by molar-refractivity contribution is 7.99. The second-order valence-electron chi connectivity index (χ2n) is 5.25. The Kier molecular flexibility index (Phi) is 6.20. The number of aromatic nitrogens is 5. The van der Waals surface area contributed by atoms with E-state index >= 15 is 0 Å². The number of hydrogen-bond donors (Lipinski definition) is 1. The Morgan fingerprint density at radius 3 is 2.78 bits per heavy atom. The van der Waals surface area contributed by atoms with E-state index in [0.29, 0.717) is 12.1 Å². The van der Waals surface area contributed by atoms with Crippen molar-refractivity contribution in [1.82, 2.24) is 29.9 Å². The molecule has 0 aromatic carbocycles. The fourth-order valence-corrected chi connectivity index (χ4v) is 3.24. The van der Waals surface area contributed by atoms with E-state index < -0.39 is 0 Å². The molecular formula is C15H24N6OS. The van der Waals surface area contributed by atoms with Crippen molar-refractivity contribution < 1.29 is 4.79 Å². The fourth-order valence-electron chi connectivity index (χ4n) is 2.34. The van der Waals surface area contributed by atoms with E-state index in [2.05, 4.69) is 39.0 Å². The van der Waals surface area contributed by atoms with Crippen LogP contribution in [0.1, 0.15) is 42.1 Å². The molecule has 0 aliphatic heterocycles. The third kappa shape index (κ3) is 4.13. The molecule has 2 heterocycles. The molecule has 0 unspecified atom stereocenters. The molecular weight excluding hydrogens is 312 g/mol. The lowest BCUT2D eigenvalue weighted by Crippen LogP contribution is -2.26. The molecule has 2 aromatic heterocycles. The minimum absolute atomic E-state index is 0.0707. The molecule has 1 amide bonds. The first-order valence-electron chi connectivity index (χ1n) is 7.91. The zero-order valence-corrected chi connectivity index (χ0v) is 15.0. The first-order chi connectivity index (χ1) is 11.1. The maximum absolute atomic E-state index is 12.2. The van der Waals surface area contributed by atoms with Gasteiger partial charge in [0.2, 0.25) is 0 Å². The number of nitrogens with one attached hydrogen (secondary N) is 1. The van der Waals surface area contributed by atoms with Crippen LogP contribution < -0.4 is 5.32 Å². The second kappa shape index (κ2) is 8.14. The van der Waals surface area contributed by atoms with Crippen molar-refractivity contribution in [2.75, 3.05) is 12.3 Å². The summed E-state index contributed by atoms with van der Waals surface area (Å²) in [6.07, 6.45) is 2.64. The van der Waals surface area contributed by atoms with Gasteiger partial charge in [0.15, 0.2) is 5.16 Å². The van der Waals surface area contributed by atoms with Gasteiger partial charge in [0.05, 0.1) is 11.8 Å². The van der Waals surface area contributed by atoms with Crippen molar-refractivity contribution in [1.29, 1.82) is 0 Å². The second-order valence-corrected chi connectivity index (χ2v) is 6.31. The van der Waals surface area contributed by atoms with Gasteiger partial charge in [0.1, 0.15) is 5.82 Å². The number of hydrogen-bond acceptors (Lipinski definition) is 5. The maximum atomic E-state index is 12.2. The summed E-state index contributed by atoms with van der Waals surface area (Å²) in [6, 6.07) is 0. The molecule has 2 aromatic rings. The van der Waals surface area contributed by atoms with Crippen molar-refractivity contribution in [3.63, 3.8) is 0 Å². The average Bonchev–Trinajstić information content (AvgIpc) is 3.07. The number of aryl methyl sites for hydroxylation is 2. The molecule has 0 atom stereocenters. The fraction of sp³-hybridized carbons (Fsp3) is 0.600. The van der Waals surface area contributed by atoms with Crippen molar-refractivity contribution in [3.8, 4) is 0 Å². The predicted octanol–water partition coefficient (Wildman–Crippen LogP) is 2.04. The van der Waals surface area contributed by atoms with Gasteiger partial charge < -0.3 is 9.88 Å². The van der Waals surface area contributed by atoms with Gasteiger partial charge in [0.25, 0.3) is 5.91 Å². The molecule has 8 heteroatoms. The van der Waals surface area contributed by atoms with E-state index in [1.54, 1.807) is 18.0 Å². The summed E-state index contributed by atoms with van der Waals surface area (Å²) in [4.78, 5) is 12.2. The lowest BCUT2D eigenvalue weighted by Gasteiger charge is -2.07. The highest BCUT2D eigenvalue weighted by Gasteiger charge is 2.13. The first kappa shape index (κ1) is 17.5. The molecule has 0 fully saturated rings. The van der Waals surface area contributed by atoms with Crippen LogP contribution in [0.2, 0.25) is 0 Å². The molecule has 0 saturated carbocycles. The van der Waals surface area contributed by atoms with E-state index in [0.717, 1.165) is 41.9 Å². The van der Waals surface area contributed by atoms with Gasteiger partial charge in [-0.25, -0.2) is 0 Å². The molecule has 0 spiro atoms. The molecule has 2 rings (SSSR count). The molecule has 0 aliphatic carbocycles. The monoisotopic (exact) mass is 336 g/mol. The van der Waals surface area contributed by atoms with Crippen molar-refractivity contribution >= 4 is 17.7 Å². The van der Waals surface area contributed by atoms with Crippen LogP contribution in [-0.4, -0.2) is 42.7 Å². The quantitative estimate of drug-likeness (QED) is 0.589. The molecule has 1 N–H and O–H groups in total. The number of amides is 1. The zero-order chi connectivity index (χ0) is 16.8. The van der Waals surface area contributed by atoms with Gasteiger partial charge in [0, 0.05) is 31.1 Å². The topological polar surface area (TPSA) is 77.6 Å². The molecule has 23 heavy (non-hydrogen) atoms. The standard InChI is InChI=1S/C15H24N6OS/c1-5-8-21-11(3)13(10-17-21)14(22)16-7-9-23-15-19-18-12(4)20(15)6-2/h10H,5-9H2,1-4H3,(H,16,22). The molecule has 0 aliphatic rings. The third-order valence-corrected chi connectivity index (χ3v) is 4.59. The first-order valence-corrected chi connectivity index (χ1v) is 8.90. The number of thioether (sulfide) groups is 1. The summed E-state index contributed by atoms with van der Waals surface area (Å²) >= 11 is 1.60. The van der Waals surface area contributed by atoms with E-state index in [4.69, 9.17) is 0 Å². The van der Waals surface area contributed by atoms with Crippen LogP contribution >= 0.6 is 11.8 Å². The number of nitrogens with zero attached hydrogens (tertiary/aromatic N) is 5. The van der Waals surface area contributed by atoms with Crippen LogP contribution in [0.3, 0.4) is 0 Å². The van der Waals surface area contributed by atoms with E-state index in [1.165, 1.54) is 0 Å². The number of carbonyl (C=O) groups is 1. The number of carbonyl (C=O) groups excluding carboxylic acids is 1. The smallest absolute Gasteiger partial charge is 0.254 e. The lowest BCUT2D eigenvalue weighted by molar-refractivity contribution is 0.0955. The lowest BCUT2D eigenvalue weighted by atomic mass is 10.2. The van der Waals surface area contributed by atoms with Crippen LogP contribution in [0, 0.1) is 13.8 Å². The van der Waals surface area contributed by atoms with Gasteiger partial charge in [-0.15, -0.1) is 10.2 Å². The zero-order valence-electron chi connectivity index (χ0n) is 14.2. The van der Waals surface area contributed by atoms with Crippen molar-refractivity contribution in [2.45, 2.75) is 52.4 Å². The van der Waals surface area contributed by atoms with Crippen LogP contribution in [0.5, 0.6) is 0 Å². The van der Waals surface area contributed by atoms with Crippen LogP contribution in [0.4, 0.5) is 0 Å². The summed E-state index contributed by atoms with van der Waals surface area (Å²) in [5.74, 6) is 1.60. The third-order valence-electron chi connectivity index (χ3n) is 3.62. The van der Waals surface area contributed by atoms with E-state index in [9.17, 15) is 4.79 Å². The SMILES string of the molecule is CCCn1ncc(C(=O)NCCSc2nnc(C)n2CC)c1C. The maximum Gasteiger partial charge on any atom is 0.254 e. The van der Waals surface area contributed by atoms with Gasteiger partial charge in [-0.05, 0) is 27.2 Å². The Labute approximate surface area is 140 Å². The Bertz CT molecular complexity index is 663. The predicted molar refractivity (Wildman–Crippen MR) is 90.7 cm³/mol. The van der Waals surface area contributed by atoms with Gasteiger partial charge in [-0.2, -0.15) is 5.10 Å². The van der Waals surface area contributed by atoms with Crippen LogP contribution in [-0.2, 0) is 13.1 Å². The van der Waals surface area contributed by atoms with Gasteiger partial charge in [-0.3, -0.25) is 9.48 Å². The Morgan fingerprint density at radius 1 is 1.30 bits per heavy atom. The molecule has 126 valence electrons. The normalized spacial score (nSPS) is 11.0. The Balaban J connectivity index is 1.83. The van der Waals surface area contributed by atoms with Crippen molar-refractivity contribution in [2.24, 2.45) is 0 Å². The van der Waals surface area contributed by atoms with Crippen LogP contribution in [0.15, 0.2) is 11.4 Å². The molecule has 0 radical (unpaired) electrons. The summed E-state index contributed by atoms with van der Waals surface area (Å²) < 4.78 is 3.93. The Hall–Kier alpha value is -1.83. The van der Waals surface area contributed by atoms with Gasteiger partial charge >= 0.3 is 0 Å². The Morgan fingerprint density at radius 2 is 2.09 bits per heavy atom. The molecule has 0 bridgehead atoms. The molecule has 7 nitrogen and oxygen atoms in total. The van der Waals surface area contributed by atoms with Crippen LogP contribution in [0.25, 0.3) is 0 Å². The summed E-state index contributed by atoms with van der Waals surface area (Å²) in [5.41, 5.74) is 1.56. The largest absolute Gasteiger partial charge is 0.351 e. The van der Waals surface area contributed by atoms with Gasteiger partial charge in [-0.1, -0.05) is 18.7 Å². The van der Waals surface area contributed by atoms with E-state index in [1.807, 2.05) is 18.5 Å². The molecule has 0 saturated heterocycles. The van der Waals surface area contributed by atoms with E-state index in [-0.39, 0.29) is 5.91 Å². The summed E-state index contributed by atoms with van der Waals surface area (Å²) in [6.45, 7) is 10.3.